The maximum absolute atomic E-state index is 13.1. The van der Waals surface area contributed by atoms with Gasteiger partial charge in [-0.05, 0) is 12.0 Å². The maximum Gasteiger partial charge on any atom is 0.148 e. The summed E-state index contributed by atoms with van der Waals surface area (Å²) in [5.41, 5.74) is 3.71. The molecule has 0 unspecified atom stereocenters. The Hall–Kier alpha value is -2.71. The van der Waals surface area contributed by atoms with Crippen LogP contribution in [-0.4, -0.2) is 5.78 Å². The van der Waals surface area contributed by atoms with Gasteiger partial charge in [0.25, 0.3) is 0 Å². The fourth-order valence-corrected chi connectivity index (χ4v) is 4.08. The van der Waals surface area contributed by atoms with Gasteiger partial charge in [-0.15, -0.1) is 0 Å². The van der Waals surface area contributed by atoms with Crippen molar-refractivity contribution in [1.29, 1.82) is 0 Å². The van der Waals surface area contributed by atoms with E-state index in [1.165, 1.54) is 16.7 Å². The molecule has 3 aromatic rings. The zero-order valence-electron chi connectivity index (χ0n) is 14.8. The molecule has 2 nitrogen and oxygen atoms in total. The molecule has 26 heavy (non-hydrogen) atoms. The topological polar surface area (TPSA) is 33.7 Å². The molecule has 1 fully saturated rings. The Morgan fingerprint density at radius 1 is 0.731 bits per heavy atom. The Morgan fingerprint density at radius 3 is 1.88 bits per heavy atom. The van der Waals surface area contributed by atoms with Gasteiger partial charge in [0.2, 0.25) is 0 Å². The van der Waals surface area contributed by atoms with Crippen molar-refractivity contribution in [3.8, 4) is 0 Å². The molecule has 0 aromatic heterocycles. The third-order valence-electron chi connectivity index (χ3n) is 5.42. The molecule has 1 aliphatic rings. The first kappa shape index (κ1) is 16.7. The second-order valence-corrected chi connectivity index (χ2v) is 7.11. The van der Waals surface area contributed by atoms with Crippen molar-refractivity contribution in [3.63, 3.8) is 0 Å². The van der Waals surface area contributed by atoms with Crippen LogP contribution in [0.15, 0.2) is 91.0 Å². The third-order valence-corrected chi connectivity index (χ3v) is 5.42. The summed E-state index contributed by atoms with van der Waals surface area (Å²) in [4.78, 5) is 13.1. The molecule has 0 saturated carbocycles. The lowest BCUT2D eigenvalue weighted by Crippen LogP contribution is -2.90. The van der Waals surface area contributed by atoms with Crippen LogP contribution in [0.2, 0.25) is 0 Å². The summed E-state index contributed by atoms with van der Waals surface area (Å²) in [6.07, 6.45) is 1.40. The standard InChI is InChI=1S/C24H23NO/c26-23-17-22(19-12-6-2-7-13-19)25-24(20-14-8-3-9-15-20)21(23)16-18-10-4-1-5-11-18/h1-15,21-22,24-25H,16-17H2/p+1/t21-,22-,24+/m0/s1. The molecule has 0 radical (unpaired) electrons. The number of nitrogens with two attached hydrogens (primary N) is 1. The normalized spacial score (nSPS) is 22.9. The van der Waals surface area contributed by atoms with Crippen molar-refractivity contribution in [2.45, 2.75) is 24.9 Å². The minimum atomic E-state index is 0.0137. The van der Waals surface area contributed by atoms with Crippen LogP contribution < -0.4 is 5.32 Å². The number of quaternary nitrogens is 1. The number of rotatable bonds is 4. The first-order chi connectivity index (χ1) is 12.8. The number of carbonyl (C=O) groups excluding carboxylic acids is 1. The van der Waals surface area contributed by atoms with E-state index in [9.17, 15) is 4.79 Å². The van der Waals surface area contributed by atoms with Gasteiger partial charge in [-0.25, -0.2) is 0 Å². The molecule has 1 aliphatic heterocycles. The van der Waals surface area contributed by atoms with Gasteiger partial charge in [0.1, 0.15) is 17.9 Å². The van der Waals surface area contributed by atoms with Crippen molar-refractivity contribution in [3.05, 3.63) is 108 Å². The summed E-state index contributed by atoms with van der Waals surface area (Å²) < 4.78 is 0. The van der Waals surface area contributed by atoms with Gasteiger partial charge in [0, 0.05) is 11.1 Å². The van der Waals surface area contributed by atoms with E-state index in [0.717, 1.165) is 6.42 Å². The Bertz CT molecular complexity index is 845. The van der Waals surface area contributed by atoms with Crippen molar-refractivity contribution in [1.82, 2.24) is 0 Å². The molecule has 3 atom stereocenters. The van der Waals surface area contributed by atoms with Gasteiger partial charge in [0.15, 0.2) is 0 Å². The summed E-state index contributed by atoms with van der Waals surface area (Å²) >= 11 is 0. The minimum Gasteiger partial charge on any atom is -0.333 e. The molecule has 3 aromatic carbocycles. The average molecular weight is 342 g/mol. The zero-order valence-corrected chi connectivity index (χ0v) is 14.8. The molecular formula is C24H24NO+. The van der Waals surface area contributed by atoms with E-state index in [2.05, 4.69) is 78.1 Å². The molecule has 4 rings (SSSR count). The van der Waals surface area contributed by atoms with E-state index in [1.54, 1.807) is 0 Å². The van der Waals surface area contributed by atoms with Crippen molar-refractivity contribution >= 4 is 5.78 Å². The fourth-order valence-electron chi connectivity index (χ4n) is 4.08. The van der Waals surface area contributed by atoms with Crippen LogP contribution >= 0.6 is 0 Å². The quantitative estimate of drug-likeness (QED) is 0.767. The number of Topliss-reactive ketones (excluding diaryl/α,β-unsaturated/α-hetero) is 1. The summed E-state index contributed by atoms with van der Waals surface area (Å²) in [6.45, 7) is 0. The molecule has 0 bridgehead atoms. The minimum absolute atomic E-state index is 0.0137. The molecule has 0 amide bonds. The number of ketones is 1. The highest BCUT2D eigenvalue weighted by Gasteiger charge is 2.41. The highest BCUT2D eigenvalue weighted by molar-refractivity contribution is 5.83. The smallest absolute Gasteiger partial charge is 0.148 e. The second kappa shape index (κ2) is 7.67. The van der Waals surface area contributed by atoms with Crippen LogP contribution in [0.4, 0.5) is 0 Å². The van der Waals surface area contributed by atoms with Gasteiger partial charge >= 0.3 is 0 Å². The summed E-state index contributed by atoms with van der Waals surface area (Å²) in [6, 6.07) is 31.6. The monoisotopic (exact) mass is 342 g/mol. The average Bonchev–Trinajstić information content (AvgIpc) is 2.71. The van der Waals surface area contributed by atoms with Crippen LogP contribution in [0.3, 0.4) is 0 Å². The predicted octanol–water partition coefficient (Wildman–Crippen LogP) is 3.86. The highest BCUT2D eigenvalue weighted by atomic mass is 16.1. The van der Waals surface area contributed by atoms with Crippen LogP contribution in [0, 0.1) is 5.92 Å². The van der Waals surface area contributed by atoms with E-state index in [1.807, 2.05) is 18.2 Å². The lowest BCUT2D eigenvalue weighted by Gasteiger charge is -2.34. The molecule has 1 heterocycles. The number of hydrogen-bond donors (Lipinski definition) is 1. The zero-order chi connectivity index (χ0) is 17.8. The molecule has 0 aliphatic carbocycles. The predicted molar refractivity (Wildman–Crippen MR) is 104 cm³/mol. The Balaban J connectivity index is 1.65. The second-order valence-electron chi connectivity index (χ2n) is 7.11. The molecular weight excluding hydrogens is 318 g/mol. The number of hydrogen-bond acceptors (Lipinski definition) is 1. The van der Waals surface area contributed by atoms with E-state index < -0.39 is 0 Å². The van der Waals surface area contributed by atoms with E-state index >= 15 is 0 Å². The van der Waals surface area contributed by atoms with E-state index in [-0.39, 0.29) is 18.0 Å². The van der Waals surface area contributed by atoms with Crippen LogP contribution in [-0.2, 0) is 11.2 Å². The van der Waals surface area contributed by atoms with Crippen LogP contribution in [0.1, 0.15) is 35.2 Å². The van der Waals surface area contributed by atoms with Gasteiger partial charge in [0.05, 0.1) is 12.3 Å². The lowest BCUT2D eigenvalue weighted by atomic mass is 9.78. The summed E-state index contributed by atoms with van der Waals surface area (Å²) in [5, 5.41) is 2.40. The van der Waals surface area contributed by atoms with Gasteiger partial charge in [-0.1, -0.05) is 91.0 Å². The number of benzene rings is 3. The molecule has 0 spiro atoms. The maximum atomic E-state index is 13.1. The lowest BCUT2D eigenvalue weighted by molar-refractivity contribution is -0.743. The fraction of sp³-hybridized carbons (Fsp3) is 0.208. The number of piperidine rings is 1. The van der Waals surface area contributed by atoms with Crippen molar-refractivity contribution in [2.24, 2.45) is 5.92 Å². The van der Waals surface area contributed by atoms with Gasteiger partial charge < -0.3 is 5.32 Å². The van der Waals surface area contributed by atoms with E-state index in [4.69, 9.17) is 0 Å². The number of carbonyl (C=O) groups is 1. The third kappa shape index (κ3) is 3.61. The largest absolute Gasteiger partial charge is 0.333 e. The van der Waals surface area contributed by atoms with Crippen molar-refractivity contribution in [2.75, 3.05) is 0 Å². The SMILES string of the molecule is O=C1C[C@@H](c2ccccc2)[NH2+][C@H](c2ccccc2)[C@H]1Cc1ccccc1. The molecule has 130 valence electrons. The molecule has 1 saturated heterocycles. The van der Waals surface area contributed by atoms with Gasteiger partial charge in [-0.3, -0.25) is 4.79 Å². The van der Waals surface area contributed by atoms with E-state index in [0.29, 0.717) is 12.2 Å². The van der Waals surface area contributed by atoms with Crippen LogP contribution in [0.25, 0.3) is 0 Å². The van der Waals surface area contributed by atoms with Gasteiger partial charge in [-0.2, -0.15) is 0 Å². The molecule has 2 N–H and O–H groups in total. The Labute approximate surface area is 154 Å². The molecule has 2 heteroatoms. The summed E-state index contributed by atoms with van der Waals surface area (Å²) in [7, 11) is 0. The van der Waals surface area contributed by atoms with Crippen molar-refractivity contribution < 1.29 is 10.1 Å². The van der Waals surface area contributed by atoms with Crippen LogP contribution in [0.5, 0.6) is 0 Å². The first-order valence-corrected chi connectivity index (χ1v) is 9.33. The Morgan fingerprint density at radius 2 is 1.27 bits per heavy atom. The Kier molecular flexibility index (Phi) is 4.94. The highest BCUT2D eigenvalue weighted by Crippen LogP contribution is 2.31. The summed E-state index contributed by atoms with van der Waals surface area (Å²) in [5.74, 6) is 0.388. The first-order valence-electron chi connectivity index (χ1n) is 9.33.